The van der Waals surface area contributed by atoms with Gasteiger partial charge in [-0.1, -0.05) is 27.2 Å². The molecule has 0 radical (unpaired) electrons. The quantitative estimate of drug-likeness (QED) is 0.653. The summed E-state index contributed by atoms with van der Waals surface area (Å²) in [6.45, 7) is 7.84. The lowest BCUT2D eigenvalue weighted by Gasteiger charge is -2.61. The van der Waals surface area contributed by atoms with Crippen molar-refractivity contribution in [1.82, 2.24) is 9.78 Å². The zero-order chi connectivity index (χ0) is 21.1. The number of rotatable bonds is 3. The summed E-state index contributed by atoms with van der Waals surface area (Å²) in [5.41, 5.74) is 1.24. The van der Waals surface area contributed by atoms with Gasteiger partial charge in [-0.05, 0) is 91.8 Å². The number of aromatic nitrogens is 2. The predicted molar refractivity (Wildman–Crippen MR) is 116 cm³/mol. The Hall–Kier alpha value is -1.63. The van der Waals surface area contributed by atoms with Crippen LogP contribution in [0.25, 0.3) is 0 Å². The fraction of sp³-hybridized carbons (Fsp3) is 0.808. The second kappa shape index (κ2) is 7.21. The van der Waals surface area contributed by atoms with Crippen molar-refractivity contribution in [2.75, 3.05) is 0 Å². The van der Waals surface area contributed by atoms with Gasteiger partial charge in [-0.15, -0.1) is 0 Å². The van der Waals surface area contributed by atoms with Crippen LogP contribution in [-0.2, 0) is 11.3 Å². The molecule has 0 aromatic carbocycles. The van der Waals surface area contributed by atoms with Gasteiger partial charge in [0.15, 0.2) is 5.78 Å². The van der Waals surface area contributed by atoms with Crippen LogP contribution in [0.4, 0.5) is 0 Å². The minimum Gasteiger partial charge on any atom is -0.297 e. The molecule has 5 rings (SSSR count). The first-order valence-corrected chi connectivity index (χ1v) is 12.3. The highest BCUT2D eigenvalue weighted by Gasteiger charge is 2.60. The summed E-state index contributed by atoms with van der Waals surface area (Å²) in [5, 5.41) is 13.3. The van der Waals surface area contributed by atoms with E-state index in [1.807, 2.05) is 0 Å². The fourth-order valence-corrected chi connectivity index (χ4v) is 8.78. The molecular formula is C26H37N3O. The molecule has 0 saturated heterocycles. The van der Waals surface area contributed by atoms with Crippen LogP contribution >= 0.6 is 0 Å². The maximum atomic E-state index is 13.3. The molecule has 30 heavy (non-hydrogen) atoms. The van der Waals surface area contributed by atoms with Crippen molar-refractivity contribution in [1.29, 1.82) is 5.26 Å². The van der Waals surface area contributed by atoms with E-state index in [-0.39, 0.29) is 11.3 Å². The summed E-state index contributed by atoms with van der Waals surface area (Å²) in [6.07, 6.45) is 15.2. The lowest BCUT2D eigenvalue weighted by Crippen LogP contribution is -2.53. The number of carbonyl (C=O) groups is 1. The molecule has 1 aromatic rings. The zero-order valence-corrected chi connectivity index (χ0v) is 18.9. The summed E-state index contributed by atoms with van der Waals surface area (Å²) < 4.78 is 1.67. The molecule has 4 aliphatic rings. The highest BCUT2D eigenvalue weighted by Crippen LogP contribution is 2.67. The number of carbonyl (C=O) groups excluding carboxylic acids is 1. The third-order valence-electron chi connectivity index (χ3n) is 10.4. The second-order valence-corrected chi connectivity index (χ2v) is 11.7. The van der Waals surface area contributed by atoms with E-state index in [1.54, 1.807) is 17.1 Å². The maximum absolute atomic E-state index is 13.3. The number of fused-ring (bicyclic) bond motifs is 5. The molecule has 8 atom stereocenters. The topological polar surface area (TPSA) is 58.7 Å². The first-order chi connectivity index (χ1) is 14.3. The highest BCUT2D eigenvalue weighted by atomic mass is 16.1. The minimum absolute atomic E-state index is 0.161. The Bertz CT molecular complexity index is 868. The number of Topliss-reactive ketones (excluding diaryl/α,β-unsaturated/α-hetero) is 1. The van der Waals surface area contributed by atoms with Gasteiger partial charge in [-0.3, -0.25) is 9.48 Å². The molecule has 0 spiro atoms. The summed E-state index contributed by atoms with van der Waals surface area (Å²) in [6, 6.07) is 2.11. The van der Waals surface area contributed by atoms with Crippen LogP contribution in [0, 0.1) is 57.7 Å². The molecule has 4 aliphatic carbocycles. The van der Waals surface area contributed by atoms with Gasteiger partial charge in [0.05, 0.1) is 18.3 Å². The van der Waals surface area contributed by atoms with Gasteiger partial charge >= 0.3 is 0 Å². The summed E-state index contributed by atoms with van der Waals surface area (Å²) in [5.74, 6) is 4.75. The Kier molecular flexibility index (Phi) is 4.88. The Labute approximate surface area is 181 Å². The Morgan fingerprint density at radius 1 is 1.13 bits per heavy atom. The van der Waals surface area contributed by atoms with Gasteiger partial charge in [-0.25, -0.2) is 0 Å². The smallest absolute Gasteiger partial charge is 0.157 e. The molecule has 162 valence electrons. The van der Waals surface area contributed by atoms with Gasteiger partial charge in [0, 0.05) is 12.1 Å². The molecule has 4 saturated carbocycles. The Morgan fingerprint density at radius 3 is 2.67 bits per heavy atom. The van der Waals surface area contributed by atoms with Crippen LogP contribution in [0.15, 0.2) is 12.4 Å². The van der Waals surface area contributed by atoms with E-state index in [4.69, 9.17) is 5.26 Å². The van der Waals surface area contributed by atoms with Crippen molar-refractivity contribution in [3.63, 3.8) is 0 Å². The normalized spacial score (nSPS) is 45.1. The minimum atomic E-state index is 0.161. The first kappa shape index (κ1) is 20.3. The fourth-order valence-electron chi connectivity index (χ4n) is 8.78. The third-order valence-corrected chi connectivity index (χ3v) is 10.4. The number of nitrogens with zero attached hydrogens (tertiary/aromatic N) is 3. The standard InChI is InChI=1S/C26H37N3O/c1-17-8-10-25(2)19(12-17)4-5-20-21-6-7-23(26(21,3)11-9-22(20)25)24(30)16-29-15-18(13-27)14-28-29/h14-15,17,19-23H,4-12,16H2,1-3H3/t17?,19?,20?,21?,22?,23?,25?,26-/m0/s1. The Morgan fingerprint density at radius 2 is 1.90 bits per heavy atom. The monoisotopic (exact) mass is 407 g/mol. The lowest BCUT2D eigenvalue weighted by atomic mass is 9.44. The van der Waals surface area contributed by atoms with Crippen LogP contribution in [0.1, 0.15) is 84.1 Å². The molecule has 4 nitrogen and oxygen atoms in total. The van der Waals surface area contributed by atoms with E-state index >= 15 is 0 Å². The van der Waals surface area contributed by atoms with Crippen LogP contribution in [0.3, 0.4) is 0 Å². The van der Waals surface area contributed by atoms with Crippen molar-refractivity contribution in [2.45, 2.75) is 85.1 Å². The van der Waals surface area contributed by atoms with Gasteiger partial charge < -0.3 is 0 Å². The van der Waals surface area contributed by atoms with Gasteiger partial charge in [0.1, 0.15) is 6.07 Å². The second-order valence-electron chi connectivity index (χ2n) is 11.7. The SMILES string of the molecule is CC1CCC2(C)C(CCC3C2CC[C@]2(C)C(C(=O)Cn4cc(C#N)cn4)CCC32)C1. The maximum Gasteiger partial charge on any atom is 0.157 e. The summed E-state index contributed by atoms with van der Waals surface area (Å²) >= 11 is 0. The number of hydrogen-bond donors (Lipinski definition) is 0. The van der Waals surface area contributed by atoms with E-state index in [0.29, 0.717) is 23.3 Å². The molecule has 1 heterocycles. The number of ketones is 1. The molecule has 0 N–H and O–H groups in total. The third kappa shape index (κ3) is 2.99. The largest absolute Gasteiger partial charge is 0.297 e. The van der Waals surface area contributed by atoms with Crippen LogP contribution < -0.4 is 0 Å². The highest BCUT2D eigenvalue weighted by molar-refractivity contribution is 5.82. The summed E-state index contributed by atoms with van der Waals surface area (Å²) in [4.78, 5) is 13.3. The van der Waals surface area contributed by atoms with E-state index in [2.05, 4.69) is 31.9 Å². The Balaban J connectivity index is 1.34. The van der Waals surface area contributed by atoms with E-state index in [1.165, 1.54) is 51.4 Å². The van der Waals surface area contributed by atoms with E-state index in [0.717, 1.165) is 36.0 Å². The molecule has 0 bridgehead atoms. The number of hydrogen-bond acceptors (Lipinski definition) is 3. The lowest BCUT2D eigenvalue weighted by molar-refractivity contribution is -0.137. The molecule has 4 heteroatoms. The predicted octanol–water partition coefficient (Wildman–Crippen LogP) is 5.62. The van der Waals surface area contributed by atoms with E-state index in [9.17, 15) is 4.79 Å². The van der Waals surface area contributed by atoms with Crippen LogP contribution in [0.5, 0.6) is 0 Å². The van der Waals surface area contributed by atoms with Gasteiger partial charge in [0.25, 0.3) is 0 Å². The van der Waals surface area contributed by atoms with E-state index < -0.39 is 0 Å². The van der Waals surface area contributed by atoms with Crippen molar-refractivity contribution in [3.05, 3.63) is 18.0 Å². The van der Waals surface area contributed by atoms with Crippen molar-refractivity contribution in [2.24, 2.45) is 46.3 Å². The van der Waals surface area contributed by atoms with Crippen LogP contribution in [-0.4, -0.2) is 15.6 Å². The van der Waals surface area contributed by atoms with Crippen molar-refractivity contribution >= 4 is 5.78 Å². The molecule has 4 fully saturated rings. The van der Waals surface area contributed by atoms with Crippen molar-refractivity contribution in [3.8, 4) is 6.07 Å². The van der Waals surface area contributed by atoms with Gasteiger partial charge in [-0.2, -0.15) is 10.4 Å². The molecule has 1 aromatic heterocycles. The van der Waals surface area contributed by atoms with Crippen LogP contribution in [0.2, 0.25) is 0 Å². The molecule has 0 aliphatic heterocycles. The number of nitriles is 1. The van der Waals surface area contributed by atoms with Gasteiger partial charge in [0.2, 0.25) is 0 Å². The summed E-state index contributed by atoms with van der Waals surface area (Å²) in [7, 11) is 0. The average molecular weight is 408 g/mol. The zero-order valence-electron chi connectivity index (χ0n) is 18.9. The molecule has 0 amide bonds. The van der Waals surface area contributed by atoms with Crippen molar-refractivity contribution < 1.29 is 4.79 Å². The average Bonchev–Trinajstić information content (AvgIpc) is 3.32. The first-order valence-electron chi connectivity index (χ1n) is 12.3. The molecular weight excluding hydrogens is 370 g/mol. The molecule has 7 unspecified atom stereocenters.